The van der Waals surface area contributed by atoms with E-state index in [9.17, 15) is 4.79 Å². The number of carbonyl (C=O) groups excluding carboxylic acids is 1. The molecule has 1 aromatic carbocycles. The van der Waals surface area contributed by atoms with E-state index in [0.29, 0.717) is 24.0 Å². The highest BCUT2D eigenvalue weighted by Gasteiger charge is 2.24. The molecule has 0 saturated carbocycles. The molecule has 0 aliphatic carbocycles. The predicted octanol–water partition coefficient (Wildman–Crippen LogP) is 2.49. The summed E-state index contributed by atoms with van der Waals surface area (Å²) in [6, 6.07) is 5.77. The van der Waals surface area contributed by atoms with Gasteiger partial charge in [0, 0.05) is 26.6 Å². The number of para-hydroxylation sites is 1. The van der Waals surface area contributed by atoms with Crippen LogP contribution in [0.4, 0.5) is 0 Å². The zero-order valence-electron chi connectivity index (χ0n) is 12.7. The molecule has 5 heteroatoms. The van der Waals surface area contributed by atoms with Crippen LogP contribution in [0.2, 0.25) is 5.02 Å². The lowest BCUT2D eigenvalue weighted by Gasteiger charge is -2.17. The van der Waals surface area contributed by atoms with E-state index in [2.05, 4.69) is 10.2 Å². The van der Waals surface area contributed by atoms with Crippen molar-refractivity contribution in [3.05, 3.63) is 28.8 Å². The maximum atomic E-state index is 11.4. The molecule has 1 N–H and O–H groups in total. The highest BCUT2D eigenvalue weighted by atomic mass is 35.5. The summed E-state index contributed by atoms with van der Waals surface area (Å²) in [4.78, 5) is 13.7. The van der Waals surface area contributed by atoms with Gasteiger partial charge in [0.15, 0.2) is 0 Å². The van der Waals surface area contributed by atoms with E-state index < -0.39 is 0 Å². The molecule has 1 atom stereocenters. The Hall–Kier alpha value is -1.26. The van der Waals surface area contributed by atoms with Crippen LogP contribution in [-0.4, -0.2) is 44.1 Å². The van der Waals surface area contributed by atoms with E-state index in [0.717, 1.165) is 37.4 Å². The smallest absolute Gasteiger partial charge is 0.220 e. The molecular weight excluding hydrogens is 288 g/mol. The number of ether oxygens (including phenoxy) is 1. The molecule has 1 fully saturated rings. The fraction of sp³-hybridized carbons (Fsp3) is 0.562. The highest BCUT2D eigenvalue weighted by molar-refractivity contribution is 6.32. The summed E-state index contributed by atoms with van der Waals surface area (Å²) < 4.78 is 5.81. The number of carbonyl (C=O) groups is 1. The Bertz CT molecular complexity index is 473. The van der Waals surface area contributed by atoms with Crippen molar-refractivity contribution >= 4 is 17.5 Å². The van der Waals surface area contributed by atoms with E-state index in [1.165, 1.54) is 0 Å². The van der Waals surface area contributed by atoms with Crippen LogP contribution in [0.1, 0.15) is 18.4 Å². The summed E-state index contributed by atoms with van der Waals surface area (Å²) in [6.07, 6.45) is 1.70. The van der Waals surface area contributed by atoms with Crippen LogP contribution < -0.4 is 10.1 Å². The van der Waals surface area contributed by atoms with Gasteiger partial charge in [0.25, 0.3) is 0 Å². The van der Waals surface area contributed by atoms with Crippen molar-refractivity contribution in [3.8, 4) is 5.75 Å². The third-order valence-corrected chi connectivity index (χ3v) is 4.24. The molecule has 0 bridgehead atoms. The van der Waals surface area contributed by atoms with Crippen molar-refractivity contribution in [2.45, 2.75) is 19.8 Å². The van der Waals surface area contributed by atoms with Gasteiger partial charge in [-0.15, -0.1) is 0 Å². The second-order valence-electron chi connectivity index (χ2n) is 5.57. The lowest BCUT2D eigenvalue weighted by Crippen LogP contribution is -2.27. The van der Waals surface area contributed by atoms with Crippen molar-refractivity contribution in [1.29, 1.82) is 0 Å². The monoisotopic (exact) mass is 310 g/mol. The fourth-order valence-electron chi connectivity index (χ4n) is 2.72. The molecule has 0 radical (unpaired) electrons. The molecule has 0 unspecified atom stereocenters. The van der Waals surface area contributed by atoms with Gasteiger partial charge in [0.1, 0.15) is 12.4 Å². The number of nitrogens with one attached hydrogen (secondary N) is 1. The van der Waals surface area contributed by atoms with Crippen LogP contribution in [-0.2, 0) is 4.79 Å². The van der Waals surface area contributed by atoms with Crippen LogP contribution in [0.25, 0.3) is 0 Å². The minimum absolute atomic E-state index is 0.129. The number of hydrogen-bond donors (Lipinski definition) is 1. The van der Waals surface area contributed by atoms with Crippen molar-refractivity contribution < 1.29 is 9.53 Å². The van der Waals surface area contributed by atoms with Gasteiger partial charge >= 0.3 is 0 Å². The van der Waals surface area contributed by atoms with Gasteiger partial charge in [-0.1, -0.05) is 23.7 Å². The topological polar surface area (TPSA) is 41.6 Å². The highest BCUT2D eigenvalue weighted by Crippen LogP contribution is 2.28. The minimum atomic E-state index is 0.129. The second-order valence-corrected chi connectivity index (χ2v) is 5.97. The van der Waals surface area contributed by atoms with E-state index in [1.807, 2.05) is 25.1 Å². The van der Waals surface area contributed by atoms with Crippen molar-refractivity contribution in [1.82, 2.24) is 10.2 Å². The van der Waals surface area contributed by atoms with Crippen LogP contribution in [0.5, 0.6) is 5.75 Å². The molecule has 1 aliphatic heterocycles. The number of rotatable bonds is 6. The summed E-state index contributed by atoms with van der Waals surface area (Å²) in [5.74, 6) is 1.37. The van der Waals surface area contributed by atoms with Gasteiger partial charge in [-0.3, -0.25) is 9.69 Å². The molecule has 1 heterocycles. The lowest BCUT2D eigenvalue weighted by molar-refractivity contribution is -0.121. The largest absolute Gasteiger partial charge is 0.490 e. The van der Waals surface area contributed by atoms with Gasteiger partial charge in [-0.25, -0.2) is 0 Å². The Kier molecular flexibility index (Phi) is 5.88. The minimum Gasteiger partial charge on any atom is -0.490 e. The normalized spacial score (nSPS) is 18.7. The van der Waals surface area contributed by atoms with Gasteiger partial charge < -0.3 is 10.1 Å². The number of aryl methyl sites for hydroxylation is 1. The summed E-state index contributed by atoms with van der Waals surface area (Å²) in [6.45, 7) is 5.49. The first-order chi connectivity index (χ1) is 10.1. The predicted molar refractivity (Wildman–Crippen MR) is 84.9 cm³/mol. The first-order valence-electron chi connectivity index (χ1n) is 7.41. The first kappa shape index (κ1) is 16.1. The Balaban J connectivity index is 1.74. The average molecular weight is 311 g/mol. The molecule has 1 amide bonds. The average Bonchev–Trinajstić information content (AvgIpc) is 2.89. The molecule has 1 aliphatic rings. The Morgan fingerprint density at radius 1 is 1.52 bits per heavy atom. The summed E-state index contributed by atoms with van der Waals surface area (Å²) in [5.41, 5.74) is 1.06. The molecule has 4 nitrogen and oxygen atoms in total. The zero-order chi connectivity index (χ0) is 15.2. The van der Waals surface area contributed by atoms with Gasteiger partial charge in [0.2, 0.25) is 5.91 Å². The van der Waals surface area contributed by atoms with E-state index in [-0.39, 0.29) is 5.91 Å². The van der Waals surface area contributed by atoms with E-state index in [4.69, 9.17) is 16.3 Å². The first-order valence-corrected chi connectivity index (χ1v) is 7.78. The Labute approximate surface area is 131 Å². The van der Waals surface area contributed by atoms with Gasteiger partial charge in [-0.05, 0) is 37.4 Å². The number of nitrogens with zero attached hydrogens (tertiary/aromatic N) is 1. The number of likely N-dealkylation sites (tertiary alicyclic amines) is 1. The number of benzene rings is 1. The van der Waals surface area contributed by atoms with E-state index >= 15 is 0 Å². The molecule has 116 valence electrons. The molecule has 1 aromatic rings. The molecule has 0 spiro atoms. The number of amides is 1. The summed E-state index contributed by atoms with van der Waals surface area (Å²) >= 11 is 6.14. The van der Waals surface area contributed by atoms with Crippen LogP contribution in [0.15, 0.2) is 18.2 Å². The SMILES string of the molecule is CNC(=O)C[C@@H]1CCN(CCOc2c(C)cccc2Cl)C1. The quantitative estimate of drug-likeness (QED) is 0.877. The zero-order valence-corrected chi connectivity index (χ0v) is 13.4. The van der Waals surface area contributed by atoms with Gasteiger partial charge in [0.05, 0.1) is 5.02 Å². The molecule has 0 aromatic heterocycles. The molecule has 2 rings (SSSR count). The van der Waals surface area contributed by atoms with Crippen LogP contribution >= 0.6 is 11.6 Å². The molecule has 21 heavy (non-hydrogen) atoms. The van der Waals surface area contributed by atoms with Crippen LogP contribution in [0.3, 0.4) is 0 Å². The summed E-state index contributed by atoms with van der Waals surface area (Å²) in [7, 11) is 1.69. The van der Waals surface area contributed by atoms with Crippen molar-refractivity contribution in [3.63, 3.8) is 0 Å². The number of hydrogen-bond acceptors (Lipinski definition) is 3. The maximum Gasteiger partial charge on any atom is 0.220 e. The third-order valence-electron chi connectivity index (χ3n) is 3.94. The molecule has 1 saturated heterocycles. The van der Waals surface area contributed by atoms with Crippen LogP contribution in [0, 0.1) is 12.8 Å². The second kappa shape index (κ2) is 7.66. The molecular formula is C16H23ClN2O2. The standard InChI is InChI=1S/C16H23ClN2O2/c1-12-4-3-5-14(17)16(12)21-9-8-19-7-6-13(11-19)10-15(20)18-2/h3-5,13H,6-11H2,1-2H3,(H,18,20)/t13-/m0/s1. The summed E-state index contributed by atoms with van der Waals surface area (Å²) in [5, 5.41) is 3.35. The Morgan fingerprint density at radius 3 is 3.05 bits per heavy atom. The third kappa shape index (κ3) is 4.61. The fourth-order valence-corrected chi connectivity index (χ4v) is 3.00. The van der Waals surface area contributed by atoms with E-state index in [1.54, 1.807) is 7.05 Å². The number of halogens is 1. The maximum absolute atomic E-state index is 11.4. The van der Waals surface area contributed by atoms with Crippen molar-refractivity contribution in [2.75, 3.05) is 33.3 Å². The van der Waals surface area contributed by atoms with Crippen molar-refractivity contribution in [2.24, 2.45) is 5.92 Å². The lowest BCUT2D eigenvalue weighted by atomic mass is 10.1. The Morgan fingerprint density at radius 2 is 2.33 bits per heavy atom. The van der Waals surface area contributed by atoms with Gasteiger partial charge in [-0.2, -0.15) is 0 Å².